The summed E-state index contributed by atoms with van der Waals surface area (Å²) in [7, 11) is 0. The van der Waals surface area contributed by atoms with Crippen molar-refractivity contribution in [1.82, 2.24) is 15.1 Å². The van der Waals surface area contributed by atoms with Gasteiger partial charge in [-0.3, -0.25) is 0 Å². The molecule has 1 aliphatic rings. The summed E-state index contributed by atoms with van der Waals surface area (Å²) in [4.78, 5) is 9.07. The first-order chi connectivity index (χ1) is 11.8. The number of pyridine rings is 1. The largest absolute Gasteiger partial charge is 0.433 e. The fourth-order valence-electron chi connectivity index (χ4n) is 3.21. The van der Waals surface area contributed by atoms with Crippen LogP contribution in [0.3, 0.4) is 0 Å². The maximum Gasteiger partial charge on any atom is 0.433 e. The minimum Gasteiger partial charge on any atom is -0.333 e. The van der Waals surface area contributed by atoms with Crippen molar-refractivity contribution in [3.63, 3.8) is 0 Å². The van der Waals surface area contributed by atoms with Gasteiger partial charge in [0.05, 0.1) is 10.4 Å². The normalized spacial score (nSPS) is 16.8. The smallest absolute Gasteiger partial charge is 0.333 e. The quantitative estimate of drug-likeness (QED) is 0.662. The minimum atomic E-state index is -4.47. The number of halogens is 4. The van der Waals surface area contributed by atoms with Crippen LogP contribution in [0.1, 0.15) is 42.8 Å². The van der Waals surface area contributed by atoms with Gasteiger partial charge in [-0.15, -0.1) is 23.7 Å². The monoisotopic (exact) mass is 404 g/mol. The van der Waals surface area contributed by atoms with Gasteiger partial charge in [0.15, 0.2) is 5.82 Å². The molecule has 3 aromatic rings. The highest BCUT2D eigenvalue weighted by Gasteiger charge is 2.37. The Labute approximate surface area is 157 Å². The third-order valence-corrected chi connectivity index (χ3v) is 5.84. The lowest BCUT2D eigenvalue weighted by Crippen LogP contribution is -2.34. The summed E-state index contributed by atoms with van der Waals surface area (Å²) < 4.78 is 43.9. The van der Waals surface area contributed by atoms with Crippen LogP contribution in [-0.4, -0.2) is 15.1 Å². The number of fused-ring (bicyclic) bond motifs is 1. The molecule has 10 heteroatoms. The number of rotatable bonds is 2. The van der Waals surface area contributed by atoms with Gasteiger partial charge in [-0.2, -0.15) is 18.2 Å². The van der Waals surface area contributed by atoms with Gasteiger partial charge < -0.3 is 10.3 Å². The molecule has 0 unspecified atom stereocenters. The first-order valence-electron chi connectivity index (χ1n) is 7.89. The summed E-state index contributed by atoms with van der Waals surface area (Å²) in [6.07, 6.45) is -0.834. The Morgan fingerprint density at radius 3 is 2.54 bits per heavy atom. The van der Waals surface area contributed by atoms with Crippen LogP contribution in [0.2, 0.25) is 0 Å². The van der Waals surface area contributed by atoms with Crippen LogP contribution in [0.25, 0.3) is 21.0 Å². The molecule has 26 heavy (non-hydrogen) atoms. The maximum absolute atomic E-state index is 12.9. The van der Waals surface area contributed by atoms with Crippen molar-refractivity contribution in [2.75, 3.05) is 0 Å². The van der Waals surface area contributed by atoms with E-state index in [4.69, 9.17) is 10.3 Å². The molecule has 0 radical (unpaired) electrons. The van der Waals surface area contributed by atoms with Gasteiger partial charge in [-0.25, -0.2) is 4.98 Å². The van der Waals surface area contributed by atoms with Crippen LogP contribution in [0, 0.1) is 6.92 Å². The van der Waals surface area contributed by atoms with E-state index < -0.39 is 17.4 Å². The molecule has 0 aromatic carbocycles. The van der Waals surface area contributed by atoms with E-state index in [1.807, 2.05) is 0 Å². The molecule has 4 rings (SSSR count). The molecule has 0 aliphatic heterocycles. The summed E-state index contributed by atoms with van der Waals surface area (Å²) in [6.45, 7) is 1.81. The summed E-state index contributed by atoms with van der Waals surface area (Å²) in [5.41, 5.74) is 5.62. The van der Waals surface area contributed by atoms with E-state index in [1.54, 1.807) is 6.92 Å². The molecule has 140 valence electrons. The Hall–Kier alpha value is -1.71. The maximum atomic E-state index is 12.9. The fraction of sp³-hybridized carbons (Fsp3) is 0.438. The van der Waals surface area contributed by atoms with Crippen molar-refractivity contribution in [2.24, 2.45) is 5.73 Å². The van der Waals surface area contributed by atoms with Crippen LogP contribution in [0.15, 0.2) is 16.7 Å². The molecule has 0 saturated heterocycles. The predicted octanol–water partition coefficient (Wildman–Crippen LogP) is 4.82. The number of nitrogens with two attached hydrogens (primary N) is 1. The highest BCUT2D eigenvalue weighted by molar-refractivity contribution is 7.22. The second-order valence-corrected chi connectivity index (χ2v) is 7.39. The number of aromatic nitrogens is 3. The predicted molar refractivity (Wildman–Crippen MR) is 94.2 cm³/mol. The van der Waals surface area contributed by atoms with Gasteiger partial charge in [-0.1, -0.05) is 18.0 Å². The molecule has 0 atom stereocenters. The van der Waals surface area contributed by atoms with Gasteiger partial charge in [0.1, 0.15) is 10.5 Å². The van der Waals surface area contributed by atoms with Gasteiger partial charge in [0.2, 0.25) is 0 Å². The Morgan fingerprint density at radius 1 is 1.19 bits per heavy atom. The van der Waals surface area contributed by atoms with Crippen LogP contribution in [0.5, 0.6) is 0 Å². The summed E-state index contributed by atoms with van der Waals surface area (Å²) >= 11 is 1.11. The Balaban J connectivity index is 0.00000196. The molecule has 0 amide bonds. The van der Waals surface area contributed by atoms with Crippen LogP contribution in [0.4, 0.5) is 13.2 Å². The van der Waals surface area contributed by atoms with Crippen molar-refractivity contribution in [3.05, 3.63) is 29.2 Å². The second kappa shape index (κ2) is 6.47. The molecule has 0 bridgehead atoms. The Morgan fingerprint density at radius 2 is 1.88 bits per heavy atom. The lowest BCUT2D eigenvalue weighted by Gasteiger charge is -2.17. The molecule has 3 aromatic heterocycles. The molecule has 1 aliphatic carbocycles. The fourth-order valence-corrected chi connectivity index (χ4v) is 4.31. The molecule has 0 spiro atoms. The van der Waals surface area contributed by atoms with Crippen LogP contribution < -0.4 is 5.73 Å². The van der Waals surface area contributed by atoms with E-state index in [-0.39, 0.29) is 18.3 Å². The zero-order chi connectivity index (χ0) is 17.8. The van der Waals surface area contributed by atoms with E-state index in [2.05, 4.69) is 15.1 Å². The van der Waals surface area contributed by atoms with Crippen molar-refractivity contribution in [1.29, 1.82) is 0 Å². The number of aryl methyl sites for hydroxylation is 1. The zero-order valence-electron chi connectivity index (χ0n) is 13.8. The van der Waals surface area contributed by atoms with Gasteiger partial charge in [0, 0.05) is 5.39 Å². The Kier molecular flexibility index (Phi) is 4.74. The molecule has 1 fully saturated rings. The first kappa shape index (κ1) is 19.1. The molecular weight excluding hydrogens is 389 g/mol. The summed E-state index contributed by atoms with van der Waals surface area (Å²) in [6, 6.07) is 2.41. The minimum absolute atomic E-state index is 0. The van der Waals surface area contributed by atoms with Crippen molar-refractivity contribution in [2.45, 2.75) is 44.3 Å². The highest BCUT2D eigenvalue weighted by atomic mass is 35.5. The molecule has 1 saturated carbocycles. The first-order valence-corrected chi connectivity index (χ1v) is 8.70. The lowest BCUT2D eigenvalue weighted by molar-refractivity contribution is -0.140. The van der Waals surface area contributed by atoms with E-state index in [1.165, 1.54) is 6.07 Å². The number of hydrogen-bond acceptors (Lipinski definition) is 6. The van der Waals surface area contributed by atoms with Crippen molar-refractivity contribution < 1.29 is 17.7 Å². The summed E-state index contributed by atoms with van der Waals surface area (Å²) in [5.74, 6) is 0.738. The third kappa shape index (κ3) is 3.08. The summed E-state index contributed by atoms with van der Waals surface area (Å²) in [5, 5.41) is 4.66. The molecule has 3 heterocycles. The SMILES string of the molecule is Cc1c(-c2nc(C3(N)CCCC3)no2)sc2nc(C(F)(F)F)ccc12.Cl. The lowest BCUT2D eigenvalue weighted by atomic mass is 9.99. The van der Waals surface area contributed by atoms with E-state index in [9.17, 15) is 13.2 Å². The van der Waals surface area contributed by atoms with Crippen molar-refractivity contribution in [3.8, 4) is 10.8 Å². The molecule has 5 nitrogen and oxygen atoms in total. The standard InChI is InChI=1S/C16H15F3N4OS.ClH/c1-8-9-4-5-10(16(17,18)19)21-13(9)25-11(8)12-22-14(23-24-12)15(20)6-2-3-7-15;/h4-5H,2-3,6-7,20H2,1H3;1H. The van der Waals surface area contributed by atoms with E-state index in [0.29, 0.717) is 20.9 Å². The topological polar surface area (TPSA) is 77.8 Å². The van der Waals surface area contributed by atoms with E-state index >= 15 is 0 Å². The highest BCUT2D eigenvalue weighted by Crippen LogP contribution is 2.40. The average molecular weight is 405 g/mol. The number of alkyl halides is 3. The van der Waals surface area contributed by atoms with Gasteiger partial charge >= 0.3 is 6.18 Å². The molecular formula is C16H16ClF3N4OS. The van der Waals surface area contributed by atoms with E-state index in [0.717, 1.165) is 48.6 Å². The van der Waals surface area contributed by atoms with Crippen LogP contribution in [-0.2, 0) is 11.7 Å². The van der Waals surface area contributed by atoms with Gasteiger partial charge in [-0.05, 0) is 37.5 Å². The second-order valence-electron chi connectivity index (χ2n) is 6.39. The number of thiophene rings is 1. The zero-order valence-corrected chi connectivity index (χ0v) is 15.4. The molecule has 2 N–H and O–H groups in total. The van der Waals surface area contributed by atoms with Crippen LogP contribution >= 0.6 is 23.7 Å². The number of hydrogen-bond donors (Lipinski definition) is 1. The average Bonchev–Trinajstić information content (AvgIpc) is 3.26. The van der Waals surface area contributed by atoms with Gasteiger partial charge in [0.25, 0.3) is 5.89 Å². The number of nitrogens with zero attached hydrogens (tertiary/aromatic N) is 3. The van der Waals surface area contributed by atoms with Crippen molar-refractivity contribution >= 4 is 34.0 Å². The third-order valence-electron chi connectivity index (χ3n) is 4.66. The Bertz CT molecular complexity index is 947.